The first kappa shape index (κ1) is 19.9. The molecule has 0 atom stereocenters. The van der Waals surface area contributed by atoms with Crippen LogP contribution in [0.4, 0.5) is 20.4 Å². The topological polar surface area (TPSA) is 35.5 Å². The molecule has 160 valence electrons. The van der Waals surface area contributed by atoms with Crippen molar-refractivity contribution in [2.24, 2.45) is 0 Å². The van der Waals surface area contributed by atoms with Crippen LogP contribution in [0.25, 0.3) is 0 Å². The van der Waals surface area contributed by atoms with E-state index in [0.29, 0.717) is 6.54 Å². The lowest BCUT2D eigenvalue weighted by molar-refractivity contribution is 0.242. The van der Waals surface area contributed by atoms with Gasteiger partial charge in [0, 0.05) is 69.7 Å². The molecule has 0 aliphatic carbocycles. The molecular formula is C24H25F2N5. The summed E-state index contributed by atoms with van der Waals surface area (Å²) in [6.07, 6.45) is 2.76. The molecule has 2 aromatic carbocycles. The molecule has 0 spiro atoms. The standard InChI is InChI=1S/C24H25F2N5/c25-21-7-6-18(14-22(21)26)16-29-9-8-23-19(17-29)15-27-24(28-23)31-12-10-30(11-13-31)20-4-2-1-3-5-20/h1-7,14-15H,8-13,16-17H2. The SMILES string of the molecule is Fc1ccc(CN2CCc3nc(N4CCN(c5ccccc5)CC4)ncc3C2)cc1F. The molecule has 0 unspecified atom stereocenters. The fraction of sp³-hybridized carbons (Fsp3) is 0.333. The normalized spacial score (nSPS) is 17.0. The first-order valence-corrected chi connectivity index (χ1v) is 10.7. The summed E-state index contributed by atoms with van der Waals surface area (Å²) >= 11 is 0. The number of halogens is 2. The van der Waals surface area contributed by atoms with Crippen LogP contribution in [-0.4, -0.2) is 47.6 Å². The van der Waals surface area contributed by atoms with Gasteiger partial charge >= 0.3 is 0 Å². The molecule has 1 saturated heterocycles. The average molecular weight is 421 g/mol. The molecule has 5 nitrogen and oxygen atoms in total. The van der Waals surface area contributed by atoms with Crippen molar-refractivity contribution < 1.29 is 8.78 Å². The second-order valence-corrected chi connectivity index (χ2v) is 8.16. The summed E-state index contributed by atoms with van der Waals surface area (Å²) in [6.45, 7) is 5.84. The number of para-hydroxylation sites is 1. The lowest BCUT2D eigenvalue weighted by atomic mass is 10.1. The van der Waals surface area contributed by atoms with Gasteiger partial charge < -0.3 is 9.80 Å². The van der Waals surface area contributed by atoms with Gasteiger partial charge in [-0.2, -0.15) is 0 Å². The van der Waals surface area contributed by atoms with Crippen molar-refractivity contribution in [2.45, 2.75) is 19.5 Å². The number of rotatable bonds is 4. The zero-order valence-electron chi connectivity index (χ0n) is 17.3. The molecule has 1 fully saturated rings. The number of piperazine rings is 1. The summed E-state index contributed by atoms with van der Waals surface area (Å²) in [5.41, 5.74) is 4.24. The van der Waals surface area contributed by atoms with Gasteiger partial charge in [0.15, 0.2) is 11.6 Å². The smallest absolute Gasteiger partial charge is 0.225 e. The first-order valence-electron chi connectivity index (χ1n) is 10.7. The number of aromatic nitrogens is 2. The number of anilines is 2. The molecular weight excluding hydrogens is 396 g/mol. The number of hydrogen-bond acceptors (Lipinski definition) is 5. The molecule has 2 aliphatic rings. The second-order valence-electron chi connectivity index (χ2n) is 8.16. The van der Waals surface area contributed by atoms with Crippen molar-refractivity contribution in [3.63, 3.8) is 0 Å². The maximum Gasteiger partial charge on any atom is 0.225 e. The van der Waals surface area contributed by atoms with Crippen LogP contribution in [-0.2, 0) is 19.5 Å². The molecule has 0 amide bonds. The Hall–Kier alpha value is -3.06. The number of fused-ring (bicyclic) bond motifs is 1. The van der Waals surface area contributed by atoms with E-state index < -0.39 is 11.6 Å². The molecule has 0 saturated carbocycles. The molecule has 2 aliphatic heterocycles. The highest BCUT2D eigenvalue weighted by atomic mass is 19.2. The van der Waals surface area contributed by atoms with Gasteiger partial charge in [-0.15, -0.1) is 0 Å². The monoisotopic (exact) mass is 421 g/mol. The van der Waals surface area contributed by atoms with Gasteiger partial charge in [-0.1, -0.05) is 24.3 Å². The van der Waals surface area contributed by atoms with Crippen molar-refractivity contribution in [2.75, 3.05) is 42.5 Å². The average Bonchev–Trinajstić information content (AvgIpc) is 2.82. The predicted molar refractivity (Wildman–Crippen MR) is 117 cm³/mol. The Morgan fingerprint density at radius 2 is 1.61 bits per heavy atom. The van der Waals surface area contributed by atoms with E-state index in [4.69, 9.17) is 4.98 Å². The summed E-state index contributed by atoms with van der Waals surface area (Å²) in [6, 6.07) is 14.6. The summed E-state index contributed by atoms with van der Waals surface area (Å²) < 4.78 is 26.7. The van der Waals surface area contributed by atoms with E-state index in [0.717, 1.165) is 68.5 Å². The van der Waals surface area contributed by atoms with Crippen LogP contribution in [0.2, 0.25) is 0 Å². The minimum atomic E-state index is -0.807. The van der Waals surface area contributed by atoms with Crippen LogP contribution in [0.1, 0.15) is 16.8 Å². The Kier molecular flexibility index (Phi) is 5.51. The maximum atomic E-state index is 13.5. The minimum absolute atomic E-state index is 0.583. The second kappa shape index (κ2) is 8.59. The Bertz CT molecular complexity index is 1050. The summed E-state index contributed by atoms with van der Waals surface area (Å²) in [7, 11) is 0. The Morgan fingerprint density at radius 3 is 2.39 bits per heavy atom. The van der Waals surface area contributed by atoms with Gasteiger partial charge in [0.2, 0.25) is 5.95 Å². The van der Waals surface area contributed by atoms with E-state index >= 15 is 0 Å². The highest BCUT2D eigenvalue weighted by molar-refractivity contribution is 5.48. The predicted octanol–water partition coefficient (Wildman–Crippen LogP) is 3.64. The highest BCUT2D eigenvalue weighted by Crippen LogP contribution is 2.23. The van der Waals surface area contributed by atoms with Gasteiger partial charge in [0.25, 0.3) is 0 Å². The van der Waals surface area contributed by atoms with Crippen molar-refractivity contribution >= 4 is 11.6 Å². The molecule has 7 heteroatoms. The van der Waals surface area contributed by atoms with Gasteiger partial charge in [-0.05, 0) is 29.8 Å². The Balaban J connectivity index is 1.21. The highest BCUT2D eigenvalue weighted by Gasteiger charge is 2.23. The third-order valence-electron chi connectivity index (χ3n) is 6.07. The molecule has 31 heavy (non-hydrogen) atoms. The van der Waals surface area contributed by atoms with Crippen LogP contribution in [0.5, 0.6) is 0 Å². The van der Waals surface area contributed by atoms with E-state index in [1.807, 2.05) is 12.3 Å². The van der Waals surface area contributed by atoms with Crippen LogP contribution in [0.3, 0.4) is 0 Å². The molecule has 0 radical (unpaired) electrons. The third kappa shape index (κ3) is 4.37. The van der Waals surface area contributed by atoms with Crippen LogP contribution >= 0.6 is 0 Å². The van der Waals surface area contributed by atoms with Crippen molar-refractivity contribution in [3.8, 4) is 0 Å². The number of hydrogen-bond donors (Lipinski definition) is 0. The quantitative estimate of drug-likeness (QED) is 0.643. The van der Waals surface area contributed by atoms with Crippen LogP contribution in [0, 0.1) is 11.6 Å². The van der Waals surface area contributed by atoms with Crippen LogP contribution in [0.15, 0.2) is 54.7 Å². The Labute approximate surface area is 181 Å². The Morgan fingerprint density at radius 1 is 0.839 bits per heavy atom. The van der Waals surface area contributed by atoms with Crippen LogP contribution < -0.4 is 9.80 Å². The summed E-state index contributed by atoms with van der Waals surface area (Å²) in [5.74, 6) is -0.797. The van der Waals surface area contributed by atoms with E-state index in [1.54, 1.807) is 6.07 Å². The van der Waals surface area contributed by atoms with Gasteiger partial charge in [0.05, 0.1) is 5.69 Å². The maximum absolute atomic E-state index is 13.5. The lowest BCUT2D eigenvalue weighted by Crippen LogP contribution is -2.47. The molecule has 0 bridgehead atoms. The minimum Gasteiger partial charge on any atom is -0.368 e. The lowest BCUT2D eigenvalue weighted by Gasteiger charge is -2.36. The number of benzene rings is 2. The molecule has 1 aromatic heterocycles. The first-order chi connectivity index (χ1) is 15.2. The van der Waals surface area contributed by atoms with Gasteiger partial charge in [-0.3, -0.25) is 4.90 Å². The van der Waals surface area contributed by atoms with E-state index in [2.05, 4.69) is 43.9 Å². The van der Waals surface area contributed by atoms with Crippen molar-refractivity contribution in [1.82, 2.24) is 14.9 Å². The fourth-order valence-electron chi connectivity index (χ4n) is 4.35. The third-order valence-corrected chi connectivity index (χ3v) is 6.07. The molecule has 5 rings (SSSR count). The van der Waals surface area contributed by atoms with E-state index in [1.165, 1.54) is 17.8 Å². The zero-order valence-corrected chi connectivity index (χ0v) is 17.3. The molecule has 3 aromatic rings. The molecule has 0 N–H and O–H groups in total. The summed E-state index contributed by atoms with van der Waals surface area (Å²) in [5, 5.41) is 0. The van der Waals surface area contributed by atoms with E-state index in [-0.39, 0.29) is 0 Å². The number of nitrogens with zero attached hydrogens (tertiary/aromatic N) is 5. The fourth-order valence-corrected chi connectivity index (χ4v) is 4.35. The van der Waals surface area contributed by atoms with Gasteiger partial charge in [0.1, 0.15) is 0 Å². The zero-order chi connectivity index (χ0) is 21.2. The van der Waals surface area contributed by atoms with Crippen molar-refractivity contribution in [1.29, 1.82) is 0 Å². The van der Waals surface area contributed by atoms with Crippen molar-refractivity contribution in [3.05, 3.63) is 83.2 Å². The largest absolute Gasteiger partial charge is 0.368 e. The van der Waals surface area contributed by atoms with E-state index in [9.17, 15) is 8.78 Å². The molecule has 3 heterocycles. The summed E-state index contributed by atoms with van der Waals surface area (Å²) in [4.78, 5) is 16.4. The van der Waals surface area contributed by atoms with Gasteiger partial charge in [-0.25, -0.2) is 18.7 Å².